The van der Waals surface area contributed by atoms with E-state index in [2.05, 4.69) is 0 Å². The van der Waals surface area contributed by atoms with Crippen LogP contribution in [-0.2, 0) is 13.0 Å². The molecule has 0 unspecified atom stereocenters. The fourth-order valence-corrected chi connectivity index (χ4v) is 0. The molecule has 0 spiro atoms. The first-order valence-corrected chi connectivity index (χ1v) is 7.12. The maximum absolute atomic E-state index is 4.95. The third kappa shape index (κ3) is 101. The fraction of sp³-hybridized carbons (Fsp3) is 1.00. The van der Waals surface area contributed by atoms with E-state index in [-0.39, 0.29) is 22.3 Å². The van der Waals surface area contributed by atoms with Crippen molar-refractivity contribution < 1.29 is 13.0 Å². The maximum atomic E-state index is 4.95. The van der Waals surface area contributed by atoms with Crippen molar-refractivity contribution in [3.8, 4) is 0 Å². The zero-order valence-electron chi connectivity index (χ0n) is 1.49. The molecule has 0 heterocycles. The van der Waals surface area contributed by atoms with Gasteiger partial charge in [0.25, 0.3) is 0 Å². The van der Waals surface area contributed by atoms with Crippen LogP contribution in [0.5, 0.6) is 0 Å². The van der Waals surface area contributed by atoms with Crippen LogP contribution in [-0.4, -0.2) is 0 Å². The van der Waals surface area contributed by atoms with Gasteiger partial charge in [0.2, 0.25) is 0 Å². The van der Waals surface area contributed by atoms with Crippen LogP contribution in [0.25, 0.3) is 0 Å². The quantitative estimate of drug-likeness (QED) is 0.575. The number of halogens is 3. The van der Waals surface area contributed by atoms with E-state index in [0.29, 0.717) is 0 Å². The van der Waals surface area contributed by atoms with Crippen molar-refractivity contribution in [1.82, 2.24) is 0 Å². The molecule has 0 fully saturated rings. The Hall–Kier alpha value is 1.49. The Kier molecular flexibility index (Phi) is 52.8. The first-order valence-electron chi connectivity index (χ1n) is 0.401. The van der Waals surface area contributed by atoms with Crippen LogP contribution in [0.15, 0.2) is 0 Å². The molecule has 0 N–H and O–H groups in total. The summed E-state index contributed by atoms with van der Waals surface area (Å²) in [6, 6.07) is 0. The summed E-state index contributed by atoms with van der Waals surface area (Å²) in [7, 11) is 14.8. The van der Waals surface area contributed by atoms with Crippen LogP contribution in [0.4, 0.5) is 0 Å². The predicted octanol–water partition coefficient (Wildman–Crippen LogP) is 3.97. The van der Waals surface area contributed by atoms with Gasteiger partial charge in [-0.3, -0.25) is 0 Å². The molecule has 0 atom stereocenters. The second-order valence-corrected chi connectivity index (χ2v) is 8.07. The Balaban J connectivity index is -0.0000000150. The van der Waals surface area contributed by atoms with Crippen LogP contribution in [0.1, 0.15) is 22.3 Å². The van der Waals surface area contributed by atoms with Gasteiger partial charge >= 0.3 is 42.1 Å². The van der Waals surface area contributed by atoms with E-state index in [9.17, 15) is 0 Å². The average molecular weight is 256 g/mol. The first kappa shape index (κ1) is 23.6. The normalized spacial score (nSPS) is 6.43. The third-order valence-corrected chi connectivity index (χ3v) is 0. The molecule has 0 saturated heterocycles. The molecule has 4 heteroatoms. The molecule has 0 radical (unpaired) electrons. The second kappa shape index (κ2) is 15.6. The molecule has 7 heavy (non-hydrogen) atoms. The van der Waals surface area contributed by atoms with E-state index >= 15 is 0 Å². The summed E-state index contributed by atoms with van der Waals surface area (Å²) in [6.07, 6.45) is 0. The number of hydrogen-bond acceptors (Lipinski definition) is 0. The van der Waals surface area contributed by atoms with Crippen LogP contribution in [0, 0.1) is 0 Å². The van der Waals surface area contributed by atoms with Crippen molar-refractivity contribution >= 4 is 29.1 Å². The Labute approximate surface area is 64.2 Å². The van der Waals surface area contributed by atoms with Crippen molar-refractivity contribution in [3.63, 3.8) is 0 Å². The molecular formula is C3H12Cl3Ru. The zero-order chi connectivity index (χ0) is 3.58. The molecule has 0 aliphatic rings. The van der Waals surface area contributed by atoms with Gasteiger partial charge in [-0.05, 0) is 0 Å². The molecule has 0 aromatic heterocycles. The molecule has 0 rings (SSSR count). The SMILES string of the molecule is C.C.C.[Cl][Ru]([Cl])[Cl]. The van der Waals surface area contributed by atoms with E-state index < -0.39 is 13.0 Å². The molecule has 0 aliphatic carbocycles. The molecule has 0 aliphatic heterocycles. The fourth-order valence-electron chi connectivity index (χ4n) is 0. The molecule has 0 nitrogen and oxygen atoms in total. The summed E-state index contributed by atoms with van der Waals surface area (Å²) in [5, 5.41) is 0. The van der Waals surface area contributed by atoms with Crippen molar-refractivity contribution in [2.75, 3.05) is 0 Å². The molecule has 0 aromatic carbocycles. The van der Waals surface area contributed by atoms with Crippen LogP contribution in [0.3, 0.4) is 0 Å². The molecule has 0 bridgehead atoms. The second-order valence-electron chi connectivity index (χ2n) is 0.152. The van der Waals surface area contributed by atoms with Crippen LogP contribution < -0.4 is 0 Å². The summed E-state index contributed by atoms with van der Waals surface area (Å²) in [6.45, 7) is 0. The van der Waals surface area contributed by atoms with Crippen LogP contribution in [0.2, 0.25) is 0 Å². The van der Waals surface area contributed by atoms with E-state index in [1.807, 2.05) is 0 Å². The van der Waals surface area contributed by atoms with Crippen molar-refractivity contribution in [2.45, 2.75) is 22.3 Å². The van der Waals surface area contributed by atoms with Gasteiger partial charge in [0, 0.05) is 0 Å². The molecule has 0 saturated carbocycles. The number of rotatable bonds is 0. The van der Waals surface area contributed by atoms with Gasteiger partial charge in [-0.1, -0.05) is 22.3 Å². The average Bonchev–Trinajstić information content (AvgIpc) is 0.811. The molecule has 0 amide bonds. The van der Waals surface area contributed by atoms with Gasteiger partial charge in [0.05, 0.1) is 0 Å². The topological polar surface area (TPSA) is 0 Å². The summed E-state index contributed by atoms with van der Waals surface area (Å²) < 4.78 is 0. The van der Waals surface area contributed by atoms with Crippen molar-refractivity contribution in [1.29, 1.82) is 0 Å². The van der Waals surface area contributed by atoms with E-state index in [4.69, 9.17) is 29.1 Å². The van der Waals surface area contributed by atoms with Gasteiger partial charge < -0.3 is 0 Å². The summed E-state index contributed by atoms with van der Waals surface area (Å²) in [5.41, 5.74) is 0. The molecular weight excluding hydrogens is 243 g/mol. The summed E-state index contributed by atoms with van der Waals surface area (Å²) >= 11 is -1.75. The van der Waals surface area contributed by atoms with Gasteiger partial charge in [0.1, 0.15) is 0 Å². The van der Waals surface area contributed by atoms with E-state index in [1.54, 1.807) is 0 Å². The predicted molar refractivity (Wildman–Crippen MR) is 37.8 cm³/mol. The Morgan fingerprint density at radius 1 is 0.714 bits per heavy atom. The van der Waals surface area contributed by atoms with Crippen molar-refractivity contribution in [3.05, 3.63) is 0 Å². The van der Waals surface area contributed by atoms with Gasteiger partial charge in [0.15, 0.2) is 0 Å². The minimum absolute atomic E-state index is 0. The summed E-state index contributed by atoms with van der Waals surface area (Å²) in [4.78, 5) is 0. The standard InChI is InChI=1S/3CH4.3ClH.Ru/h3*1H4;3*1H;/q;;;;;;+3/p-3. The number of hydrogen-bond donors (Lipinski definition) is 0. The van der Waals surface area contributed by atoms with Gasteiger partial charge in [-0.25, -0.2) is 0 Å². The third-order valence-electron chi connectivity index (χ3n) is 0. The first-order chi connectivity index (χ1) is 1.73. The Morgan fingerprint density at radius 2 is 0.714 bits per heavy atom. The van der Waals surface area contributed by atoms with Gasteiger partial charge in [-0.15, -0.1) is 0 Å². The van der Waals surface area contributed by atoms with E-state index in [1.165, 1.54) is 0 Å². The zero-order valence-corrected chi connectivity index (χ0v) is 5.49. The van der Waals surface area contributed by atoms with Gasteiger partial charge in [-0.2, -0.15) is 0 Å². The van der Waals surface area contributed by atoms with E-state index in [0.717, 1.165) is 0 Å². The molecule has 53 valence electrons. The minimum atomic E-state index is -1.75. The Morgan fingerprint density at radius 3 is 0.714 bits per heavy atom. The summed E-state index contributed by atoms with van der Waals surface area (Å²) in [5.74, 6) is 0. The van der Waals surface area contributed by atoms with Crippen LogP contribution >= 0.6 is 29.1 Å². The van der Waals surface area contributed by atoms with Crippen molar-refractivity contribution in [2.24, 2.45) is 0 Å². The monoisotopic (exact) mass is 255 g/mol. The molecule has 0 aromatic rings. The Bertz CT molecular complexity index is 14.9.